The summed E-state index contributed by atoms with van der Waals surface area (Å²) in [6, 6.07) is 11.7. The lowest BCUT2D eigenvalue weighted by molar-refractivity contribution is -0.385. The topological polar surface area (TPSA) is 96.0 Å². The molecule has 1 N–H and O–H groups in total. The number of nitrogens with zero attached hydrogens (tertiary/aromatic N) is 2. The molecule has 0 bridgehead atoms. The quantitative estimate of drug-likeness (QED) is 0.387. The van der Waals surface area contributed by atoms with E-state index in [1.165, 1.54) is 30.3 Å². The van der Waals surface area contributed by atoms with Gasteiger partial charge in [-0.1, -0.05) is 31.2 Å². The molecule has 1 amide bonds. The molecular formula is C18H14FN3O3. The average molecular weight is 339 g/mol. The molecule has 0 saturated carbocycles. The van der Waals surface area contributed by atoms with Crippen molar-refractivity contribution in [1.29, 1.82) is 5.26 Å². The van der Waals surface area contributed by atoms with E-state index < -0.39 is 16.6 Å². The highest BCUT2D eigenvalue weighted by Gasteiger charge is 2.15. The van der Waals surface area contributed by atoms with Gasteiger partial charge in [0.05, 0.1) is 10.6 Å². The summed E-state index contributed by atoms with van der Waals surface area (Å²) in [4.78, 5) is 22.7. The average Bonchev–Trinajstić information content (AvgIpc) is 2.61. The normalized spacial score (nSPS) is 10.8. The summed E-state index contributed by atoms with van der Waals surface area (Å²) in [5, 5.41) is 22.6. The summed E-state index contributed by atoms with van der Waals surface area (Å²) < 4.78 is 13.6. The van der Waals surface area contributed by atoms with Crippen LogP contribution in [0.2, 0.25) is 0 Å². The molecule has 0 aliphatic rings. The Hall–Kier alpha value is -3.53. The standard InChI is InChI=1S/C18H14FN3O3/c1-2-13-8-7-12(10-17(13)22(24)25)9-14(11-20)18(23)21-16-6-4-3-5-15(16)19/h3-10H,2H2,1H3,(H,21,23)/b14-9+. The molecule has 0 saturated heterocycles. The predicted octanol–water partition coefficient (Wildman–Crippen LogP) is 3.84. The van der Waals surface area contributed by atoms with E-state index in [4.69, 9.17) is 0 Å². The van der Waals surface area contributed by atoms with Crippen LogP contribution in [-0.4, -0.2) is 10.8 Å². The summed E-state index contributed by atoms with van der Waals surface area (Å²) in [5.41, 5.74) is 0.464. The Bertz CT molecular complexity index is 901. The molecule has 0 aromatic heterocycles. The van der Waals surface area contributed by atoms with Gasteiger partial charge in [-0.3, -0.25) is 14.9 Å². The molecule has 7 heteroatoms. The zero-order valence-electron chi connectivity index (χ0n) is 13.3. The van der Waals surface area contributed by atoms with Gasteiger partial charge in [-0.15, -0.1) is 0 Å². The van der Waals surface area contributed by atoms with Crippen LogP contribution in [0.5, 0.6) is 0 Å². The first-order valence-electron chi connectivity index (χ1n) is 7.41. The zero-order chi connectivity index (χ0) is 18.4. The summed E-state index contributed by atoms with van der Waals surface area (Å²) in [6.07, 6.45) is 1.71. The van der Waals surface area contributed by atoms with E-state index in [-0.39, 0.29) is 16.9 Å². The van der Waals surface area contributed by atoms with Gasteiger partial charge >= 0.3 is 0 Å². The number of anilines is 1. The maximum absolute atomic E-state index is 13.6. The van der Waals surface area contributed by atoms with Crippen LogP contribution in [0.4, 0.5) is 15.8 Å². The molecule has 0 aliphatic carbocycles. The third-order valence-electron chi connectivity index (χ3n) is 3.49. The fourth-order valence-electron chi connectivity index (χ4n) is 2.21. The SMILES string of the molecule is CCc1ccc(/C=C(\C#N)C(=O)Nc2ccccc2F)cc1[N+](=O)[O-]. The summed E-state index contributed by atoms with van der Waals surface area (Å²) >= 11 is 0. The molecule has 2 rings (SSSR count). The number of nitro benzene ring substituents is 1. The molecular weight excluding hydrogens is 325 g/mol. The van der Waals surface area contributed by atoms with Crippen molar-refractivity contribution >= 4 is 23.4 Å². The molecule has 0 heterocycles. The van der Waals surface area contributed by atoms with Crippen LogP contribution in [0.25, 0.3) is 6.08 Å². The van der Waals surface area contributed by atoms with E-state index >= 15 is 0 Å². The minimum Gasteiger partial charge on any atom is -0.319 e. The van der Waals surface area contributed by atoms with Crippen LogP contribution in [0.15, 0.2) is 48.0 Å². The second kappa shape index (κ2) is 7.84. The van der Waals surface area contributed by atoms with Gasteiger partial charge in [0.15, 0.2) is 0 Å². The number of carbonyl (C=O) groups is 1. The fraction of sp³-hybridized carbons (Fsp3) is 0.111. The highest BCUT2D eigenvalue weighted by molar-refractivity contribution is 6.09. The minimum atomic E-state index is -0.796. The van der Waals surface area contributed by atoms with Gasteiger partial charge in [0.2, 0.25) is 0 Å². The molecule has 0 fully saturated rings. The predicted molar refractivity (Wildman–Crippen MR) is 91.1 cm³/mol. The number of para-hydroxylation sites is 1. The number of carbonyl (C=O) groups excluding carboxylic acids is 1. The first-order valence-corrected chi connectivity index (χ1v) is 7.41. The number of rotatable bonds is 5. The van der Waals surface area contributed by atoms with Crippen molar-refractivity contribution in [1.82, 2.24) is 0 Å². The number of benzene rings is 2. The molecule has 2 aromatic carbocycles. The van der Waals surface area contributed by atoms with Crippen LogP contribution in [0, 0.1) is 27.3 Å². The molecule has 6 nitrogen and oxygen atoms in total. The molecule has 25 heavy (non-hydrogen) atoms. The monoisotopic (exact) mass is 339 g/mol. The molecule has 126 valence electrons. The molecule has 0 radical (unpaired) electrons. The van der Waals surface area contributed by atoms with Crippen molar-refractivity contribution < 1.29 is 14.1 Å². The lowest BCUT2D eigenvalue weighted by atomic mass is 10.0. The van der Waals surface area contributed by atoms with Gasteiger partial charge in [0, 0.05) is 11.6 Å². The van der Waals surface area contributed by atoms with Crippen LogP contribution >= 0.6 is 0 Å². The van der Waals surface area contributed by atoms with Crippen LogP contribution in [0.3, 0.4) is 0 Å². The summed E-state index contributed by atoms with van der Waals surface area (Å²) in [7, 11) is 0. The molecule has 0 unspecified atom stereocenters. The second-order valence-corrected chi connectivity index (χ2v) is 5.10. The Kier molecular flexibility index (Phi) is 5.58. The Morgan fingerprint density at radius 2 is 2.08 bits per heavy atom. The van der Waals surface area contributed by atoms with Gasteiger partial charge in [0.25, 0.3) is 11.6 Å². The van der Waals surface area contributed by atoms with Gasteiger partial charge in [-0.05, 0) is 30.2 Å². The van der Waals surface area contributed by atoms with Crippen LogP contribution < -0.4 is 5.32 Å². The van der Waals surface area contributed by atoms with Crippen LogP contribution in [-0.2, 0) is 11.2 Å². The van der Waals surface area contributed by atoms with Crippen molar-refractivity contribution in [2.75, 3.05) is 5.32 Å². The first-order chi connectivity index (χ1) is 12.0. The molecule has 0 atom stereocenters. The minimum absolute atomic E-state index is 0.0547. The highest BCUT2D eigenvalue weighted by atomic mass is 19.1. The Morgan fingerprint density at radius 1 is 1.36 bits per heavy atom. The number of hydrogen-bond acceptors (Lipinski definition) is 4. The molecule has 0 aliphatic heterocycles. The number of aryl methyl sites for hydroxylation is 1. The second-order valence-electron chi connectivity index (χ2n) is 5.10. The Balaban J connectivity index is 2.33. The highest BCUT2D eigenvalue weighted by Crippen LogP contribution is 2.22. The maximum Gasteiger partial charge on any atom is 0.273 e. The maximum atomic E-state index is 13.6. The van der Waals surface area contributed by atoms with Gasteiger partial charge in [0.1, 0.15) is 17.5 Å². The van der Waals surface area contributed by atoms with Crippen molar-refractivity contribution in [3.8, 4) is 6.07 Å². The number of nitriles is 1. The van der Waals surface area contributed by atoms with Crippen molar-refractivity contribution in [2.45, 2.75) is 13.3 Å². The number of nitrogens with one attached hydrogen (secondary N) is 1. The van der Waals surface area contributed by atoms with Gasteiger partial charge in [-0.25, -0.2) is 4.39 Å². The van der Waals surface area contributed by atoms with Crippen molar-refractivity contribution in [3.63, 3.8) is 0 Å². The third kappa shape index (κ3) is 4.26. The van der Waals surface area contributed by atoms with Crippen LogP contribution in [0.1, 0.15) is 18.1 Å². The number of nitro groups is 1. The van der Waals surface area contributed by atoms with Gasteiger partial charge < -0.3 is 5.32 Å². The largest absolute Gasteiger partial charge is 0.319 e. The number of amides is 1. The van der Waals surface area contributed by atoms with E-state index in [0.717, 1.165) is 0 Å². The zero-order valence-corrected chi connectivity index (χ0v) is 13.3. The molecule has 2 aromatic rings. The first kappa shape index (κ1) is 17.8. The Morgan fingerprint density at radius 3 is 2.68 bits per heavy atom. The number of halogens is 1. The van der Waals surface area contributed by atoms with Crippen molar-refractivity contribution in [3.05, 3.63) is 75.1 Å². The third-order valence-corrected chi connectivity index (χ3v) is 3.49. The van der Waals surface area contributed by atoms with E-state index in [2.05, 4.69) is 5.32 Å². The smallest absolute Gasteiger partial charge is 0.273 e. The van der Waals surface area contributed by atoms with Gasteiger partial charge in [-0.2, -0.15) is 5.26 Å². The lowest BCUT2D eigenvalue weighted by Crippen LogP contribution is -2.14. The van der Waals surface area contributed by atoms with E-state index in [9.17, 15) is 24.6 Å². The van der Waals surface area contributed by atoms with E-state index in [1.807, 2.05) is 0 Å². The fourth-order valence-corrected chi connectivity index (χ4v) is 2.21. The summed E-state index contributed by atoms with van der Waals surface area (Å²) in [5.74, 6) is -1.43. The number of hydrogen-bond donors (Lipinski definition) is 1. The van der Waals surface area contributed by atoms with Crippen molar-refractivity contribution in [2.24, 2.45) is 0 Å². The molecule has 0 spiro atoms. The van der Waals surface area contributed by atoms with E-state index in [1.54, 1.807) is 31.2 Å². The van der Waals surface area contributed by atoms with E-state index in [0.29, 0.717) is 17.5 Å². The lowest BCUT2D eigenvalue weighted by Gasteiger charge is -2.05. The Labute approximate surface area is 143 Å². The summed E-state index contributed by atoms with van der Waals surface area (Å²) in [6.45, 7) is 1.79.